The Balaban J connectivity index is 1.80. The molecule has 1 aromatic heterocycles. The highest BCUT2D eigenvalue weighted by molar-refractivity contribution is 5.82. The van der Waals surface area contributed by atoms with Crippen molar-refractivity contribution < 1.29 is 4.92 Å². The lowest BCUT2D eigenvalue weighted by molar-refractivity contribution is -0.384. The molecule has 1 heterocycles. The summed E-state index contributed by atoms with van der Waals surface area (Å²) in [6.45, 7) is 0. The number of nitrogens with one attached hydrogen (secondary N) is 1. The molecular formula is C16H14N2O2. The third-order valence-corrected chi connectivity index (χ3v) is 3.40. The van der Waals surface area contributed by atoms with Gasteiger partial charge in [-0.1, -0.05) is 30.3 Å². The largest absolute Gasteiger partial charge is 0.358 e. The van der Waals surface area contributed by atoms with Crippen LogP contribution in [0.1, 0.15) is 11.3 Å². The average Bonchev–Trinajstić information content (AvgIpc) is 2.88. The van der Waals surface area contributed by atoms with E-state index < -0.39 is 0 Å². The first-order valence-corrected chi connectivity index (χ1v) is 6.52. The number of nitro benzene ring substituents is 1. The minimum absolute atomic E-state index is 0.131. The highest BCUT2D eigenvalue weighted by Gasteiger charge is 2.08. The van der Waals surface area contributed by atoms with Gasteiger partial charge < -0.3 is 4.98 Å². The predicted molar refractivity (Wildman–Crippen MR) is 78.8 cm³/mol. The van der Waals surface area contributed by atoms with Gasteiger partial charge in [0.2, 0.25) is 0 Å². The number of hydrogen-bond donors (Lipinski definition) is 1. The maximum absolute atomic E-state index is 10.8. The quantitative estimate of drug-likeness (QED) is 0.575. The molecule has 3 rings (SSSR count). The van der Waals surface area contributed by atoms with Crippen molar-refractivity contribution in [2.45, 2.75) is 12.8 Å². The Bertz CT molecular complexity index is 748. The van der Waals surface area contributed by atoms with E-state index in [-0.39, 0.29) is 10.6 Å². The summed E-state index contributed by atoms with van der Waals surface area (Å²) in [5.74, 6) is 0. The number of aryl methyl sites for hydroxylation is 2. The minimum Gasteiger partial charge on any atom is -0.358 e. The maximum Gasteiger partial charge on any atom is 0.270 e. The van der Waals surface area contributed by atoms with Crippen LogP contribution in [0.15, 0.2) is 54.6 Å². The molecule has 4 heteroatoms. The summed E-state index contributed by atoms with van der Waals surface area (Å²) in [6, 6.07) is 17.2. The Morgan fingerprint density at radius 3 is 2.55 bits per heavy atom. The van der Waals surface area contributed by atoms with Crippen molar-refractivity contribution in [3.05, 3.63) is 76.0 Å². The minimum atomic E-state index is -0.365. The van der Waals surface area contributed by atoms with Gasteiger partial charge in [0.15, 0.2) is 0 Å². The van der Waals surface area contributed by atoms with Gasteiger partial charge in [0.1, 0.15) is 0 Å². The van der Waals surface area contributed by atoms with E-state index in [0.29, 0.717) is 0 Å². The van der Waals surface area contributed by atoms with E-state index in [9.17, 15) is 10.1 Å². The van der Waals surface area contributed by atoms with Gasteiger partial charge in [-0.05, 0) is 30.5 Å². The van der Waals surface area contributed by atoms with E-state index in [4.69, 9.17) is 0 Å². The summed E-state index contributed by atoms with van der Waals surface area (Å²) in [7, 11) is 0. The van der Waals surface area contributed by atoms with Crippen LogP contribution in [0, 0.1) is 10.1 Å². The van der Waals surface area contributed by atoms with Crippen LogP contribution >= 0.6 is 0 Å². The van der Waals surface area contributed by atoms with Crippen LogP contribution in [-0.2, 0) is 12.8 Å². The monoisotopic (exact) mass is 266 g/mol. The Kier molecular flexibility index (Phi) is 3.21. The first-order chi connectivity index (χ1) is 9.72. The molecular weight excluding hydrogens is 252 g/mol. The Morgan fingerprint density at radius 2 is 1.80 bits per heavy atom. The molecule has 0 bridgehead atoms. The molecule has 0 spiro atoms. The zero-order chi connectivity index (χ0) is 13.9. The van der Waals surface area contributed by atoms with Crippen LogP contribution in [0.5, 0.6) is 0 Å². The lowest BCUT2D eigenvalue weighted by atomic mass is 10.1. The van der Waals surface area contributed by atoms with Gasteiger partial charge >= 0.3 is 0 Å². The van der Waals surface area contributed by atoms with Crippen molar-refractivity contribution in [2.75, 3.05) is 0 Å². The van der Waals surface area contributed by atoms with E-state index in [1.165, 1.54) is 11.6 Å². The van der Waals surface area contributed by atoms with Crippen molar-refractivity contribution in [1.29, 1.82) is 0 Å². The summed E-state index contributed by atoms with van der Waals surface area (Å²) < 4.78 is 0. The third kappa shape index (κ3) is 2.54. The van der Waals surface area contributed by atoms with Crippen LogP contribution in [0.4, 0.5) is 5.69 Å². The molecule has 0 atom stereocenters. The topological polar surface area (TPSA) is 58.9 Å². The van der Waals surface area contributed by atoms with Gasteiger partial charge in [-0.2, -0.15) is 0 Å². The zero-order valence-electron chi connectivity index (χ0n) is 10.9. The summed E-state index contributed by atoms with van der Waals surface area (Å²) in [6.07, 6.45) is 1.85. The van der Waals surface area contributed by atoms with Crippen LogP contribution in [0.2, 0.25) is 0 Å². The molecule has 100 valence electrons. The number of nitro groups is 1. The normalized spacial score (nSPS) is 10.8. The van der Waals surface area contributed by atoms with E-state index in [1.807, 2.05) is 24.3 Å². The van der Waals surface area contributed by atoms with Crippen LogP contribution in [0.3, 0.4) is 0 Å². The lowest BCUT2D eigenvalue weighted by Crippen LogP contribution is -1.90. The molecule has 0 aliphatic rings. The fourth-order valence-corrected chi connectivity index (χ4v) is 2.35. The molecule has 0 amide bonds. The molecule has 0 aliphatic carbocycles. The maximum atomic E-state index is 10.8. The van der Waals surface area contributed by atoms with Gasteiger partial charge in [-0.15, -0.1) is 0 Å². The number of hydrogen-bond acceptors (Lipinski definition) is 2. The van der Waals surface area contributed by atoms with Crippen LogP contribution in [0.25, 0.3) is 10.9 Å². The Labute approximate surface area is 116 Å². The smallest absolute Gasteiger partial charge is 0.270 e. The highest BCUT2D eigenvalue weighted by atomic mass is 16.6. The van der Waals surface area contributed by atoms with Crippen molar-refractivity contribution in [2.24, 2.45) is 0 Å². The zero-order valence-corrected chi connectivity index (χ0v) is 10.9. The molecule has 4 nitrogen and oxygen atoms in total. The standard InChI is InChI=1S/C16H14N2O2/c19-18(20)15-8-9-16-13(11-15)10-14(17-16)7-6-12-4-2-1-3-5-12/h1-5,8-11,17H,6-7H2. The Hall–Kier alpha value is -2.62. The summed E-state index contributed by atoms with van der Waals surface area (Å²) in [5, 5.41) is 11.6. The van der Waals surface area contributed by atoms with E-state index in [0.717, 1.165) is 29.4 Å². The molecule has 20 heavy (non-hydrogen) atoms. The van der Waals surface area contributed by atoms with Crippen molar-refractivity contribution in [3.63, 3.8) is 0 Å². The van der Waals surface area contributed by atoms with Gasteiger partial charge in [0.05, 0.1) is 4.92 Å². The average molecular weight is 266 g/mol. The summed E-state index contributed by atoms with van der Waals surface area (Å²) >= 11 is 0. The van der Waals surface area contributed by atoms with Gasteiger partial charge in [-0.25, -0.2) is 0 Å². The lowest BCUT2D eigenvalue weighted by Gasteiger charge is -1.98. The predicted octanol–water partition coefficient (Wildman–Crippen LogP) is 3.86. The number of nitrogens with zero attached hydrogens (tertiary/aromatic N) is 1. The van der Waals surface area contributed by atoms with Gasteiger partial charge in [0.25, 0.3) is 5.69 Å². The molecule has 0 radical (unpaired) electrons. The summed E-state index contributed by atoms with van der Waals surface area (Å²) in [4.78, 5) is 13.7. The number of aromatic nitrogens is 1. The molecule has 3 aromatic rings. The van der Waals surface area contributed by atoms with Crippen molar-refractivity contribution in [1.82, 2.24) is 4.98 Å². The second-order valence-corrected chi connectivity index (χ2v) is 4.81. The van der Waals surface area contributed by atoms with Crippen molar-refractivity contribution in [3.8, 4) is 0 Å². The molecule has 2 aromatic carbocycles. The van der Waals surface area contributed by atoms with E-state index in [2.05, 4.69) is 17.1 Å². The van der Waals surface area contributed by atoms with Gasteiger partial charge in [0, 0.05) is 28.7 Å². The fraction of sp³-hybridized carbons (Fsp3) is 0.125. The SMILES string of the molecule is O=[N+]([O-])c1ccc2[nH]c(CCc3ccccc3)cc2c1. The first-order valence-electron chi connectivity index (χ1n) is 6.52. The Morgan fingerprint density at radius 1 is 1.00 bits per heavy atom. The number of fused-ring (bicyclic) bond motifs is 1. The third-order valence-electron chi connectivity index (χ3n) is 3.40. The second kappa shape index (κ2) is 5.17. The first kappa shape index (κ1) is 12.4. The molecule has 1 N–H and O–H groups in total. The number of non-ortho nitro benzene ring substituents is 1. The van der Waals surface area contributed by atoms with E-state index >= 15 is 0 Å². The molecule has 0 unspecified atom stereocenters. The molecule has 0 fully saturated rings. The number of rotatable bonds is 4. The number of H-pyrrole nitrogens is 1. The molecule has 0 saturated heterocycles. The van der Waals surface area contributed by atoms with Gasteiger partial charge in [-0.3, -0.25) is 10.1 Å². The van der Waals surface area contributed by atoms with Crippen molar-refractivity contribution >= 4 is 16.6 Å². The van der Waals surface area contributed by atoms with Crippen LogP contribution in [-0.4, -0.2) is 9.91 Å². The number of aromatic amines is 1. The second-order valence-electron chi connectivity index (χ2n) is 4.81. The highest BCUT2D eigenvalue weighted by Crippen LogP contribution is 2.22. The molecule has 0 saturated carbocycles. The summed E-state index contributed by atoms with van der Waals surface area (Å²) in [5.41, 5.74) is 3.46. The fourth-order valence-electron chi connectivity index (χ4n) is 2.35. The number of benzene rings is 2. The van der Waals surface area contributed by atoms with E-state index in [1.54, 1.807) is 12.1 Å². The van der Waals surface area contributed by atoms with Crippen LogP contribution < -0.4 is 0 Å². The molecule has 0 aliphatic heterocycles.